The molecule has 0 aliphatic heterocycles. The molecule has 5 nitrogen and oxygen atoms in total. The Bertz CT molecular complexity index is 2960. The molecule has 0 amide bonds. The first kappa shape index (κ1) is 29.6. The molecule has 0 saturated carbocycles. The van der Waals surface area contributed by atoms with E-state index in [1.165, 1.54) is 32.6 Å². The van der Waals surface area contributed by atoms with Crippen molar-refractivity contribution in [2.24, 2.45) is 0 Å². The topological polar surface area (TPSA) is 59.4 Å². The van der Waals surface area contributed by atoms with Gasteiger partial charge in [-0.3, -0.25) is 0 Å². The predicted molar refractivity (Wildman–Crippen MR) is 212 cm³/mol. The molecule has 5 heteroatoms. The average Bonchev–Trinajstić information content (AvgIpc) is 3.74. The van der Waals surface area contributed by atoms with Gasteiger partial charge in [0.15, 0.2) is 5.82 Å². The monoisotopic (exact) mass is 663 g/mol. The Balaban J connectivity index is 1.10. The van der Waals surface area contributed by atoms with Gasteiger partial charge in [-0.2, -0.15) is 5.26 Å². The van der Waals surface area contributed by atoms with E-state index in [1.54, 1.807) is 6.07 Å². The fraction of sp³-hybridized carbons (Fsp3) is 0. The van der Waals surface area contributed by atoms with Crippen molar-refractivity contribution in [1.82, 2.24) is 19.1 Å². The molecule has 242 valence electrons. The number of aromatic nitrogens is 4. The van der Waals surface area contributed by atoms with Crippen LogP contribution in [0, 0.1) is 11.3 Å². The minimum absolute atomic E-state index is 0.575. The molecule has 7 aromatic carbocycles. The smallest absolute Gasteiger partial charge is 0.160 e. The molecule has 10 rings (SSSR count). The first-order valence-corrected chi connectivity index (χ1v) is 17.3. The maximum Gasteiger partial charge on any atom is 0.160 e. The van der Waals surface area contributed by atoms with E-state index in [9.17, 15) is 5.26 Å². The van der Waals surface area contributed by atoms with Crippen LogP contribution in [-0.4, -0.2) is 19.1 Å². The van der Waals surface area contributed by atoms with Gasteiger partial charge in [-0.05, 0) is 66.7 Å². The lowest BCUT2D eigenvalue weighted by Crippen LogP contribution is -1.97. The van der Waals surface area contributed by atoms with Crippen LogP contribution in [0.5, 0.6) is 0 Å². The van der Waals surface area contributed by atoms with E-state index < -0.39 is 0 Å². The molecule has 0 aliphatic rings. The van der Waals surface area contributed by atoms with Gasteiger partial charge in [0.25, 0.3) is 0 Å². The van der Waals surface area contributed by atoms with Gasteiger partial charge in [-0.25, -0.2) is 9.97 Å². The number of hydrogen-bond donors (Lipinski definition) is 0. The minimum atomic E-state index is 0.575. The summed E-state index contributed by atoms with van der Waals surface area (Å²) in [7, 11) is 0. The molecule has 0 N–H and O–H groups in total. The van der Waals surface area contributed by atoms with Crippen molar-refractivity contribution in [3.8, 4) is 51.3 Å². The number of fused-ring (bicyclic) bond motifs is 6. The molecular weight excluding hydrogens is 635 g/mol. The van der Waals surface area contributed by atoms with Crippen LogP contribution in [0.25, 0.3) is 88.9 Å². The van der Waals surface area contributed by atoms with Crippen molar-refractivity contribution < 1.29 is 0 Å². The highest BCUT2D eigenvalue weighted by Gasteiger charge is 2.17. The maximum atomic E-state index is 9.55. The Labute approximate surface area is 299 Å². The first-order valence-electron chi connectivity index (χ1n) is 17.3. The van der Waals surface area contributed by atoms with Crippen molar-refractivity contribution in [3.05, 3.63) is 181 Å². The molecular formula is C47H29N5. The molecule has 0 spiro atoms. The van der Waals surface area contributed by atoms with Crippen molar-refractivity contribution in [2.75, 3.05) is 0 Å². The Hall–Kier alpha value is -7.29. The van der Waals surface area contributed by atoms with Gasteiger partial charge in [0, 0.05) is 49.6 Å². The molecule has 3 heterocycles. The van der Waals surface area contributed by atoms with Crippen LogP contribution in [0.15, 0.2) is 176 Å². The highest BCUT2D eigenvalue weighted by Crippen LogP contribution is 2.37. The molecule has 0 aliphatic carbocycles. The second kappa shape index (κ2) is 11.9. The largest absolute Gasteiger partial charge is 0.309 e. The van der Waals surface area contributed by atoms with Gasteiger partial charge < -0.3 is 9.13 Å². The van der Waals surface area contributed by atoms with Gasteiger partial charge in [0.1, 0.15) is 0 Å². The molecule has 0 bridgehead atoms. The summed E-state index contributed by atoms with van der Waals surface area (Å²) in [5, 5.41) is 14.5. The number of benzene rings is 7. The van der Waals surface area contributed by atoms with Crippen molar-refractivity contribution in [2.45, 2.75) is 0 Å². The molecule has 10 aromatic rings. The highest BCUT2D eigenvalue weighted by atomic mass is 15.0. The van der Waals surface area contributed by atoms with Crippen LogP contribution in [0.3, 0.4) is 0 Å². The average molecular weight is 664 g/mol. The van der Waals surface area contributed by atoms with Gasteiger partial charge in [-0.15, -0.1) is 0 Å². The van der Waals surface area contributed by atoms with Gasteiger partial charge >= 0.3 is 0 Å². The third-order valence-corrected chi connectivity index (χ3v) is 9.96. The summed E-state index contributed by atoms with van der Waals surface area (Å²) in [5.74, 6) is 0.582. The molecule has 0 unspecified atom stereocenters. The normalized spacial score (nSPS) is 11.4. The van der Waals surface area contributed by atoms with E-state index >= 15 is 0 Å². The molecule has 3 aromatic heterocycles. The van der Waals surface area contributed by atoms with E-state index in [4.69, 9.17) is 9.97 Å². The SMILES string of the molecule is N#Cc1cccc(-c2nc(-c3ccccc3)cc(-c3ccc(-n4c5ccccc5c5cc(-n6c7ccccc7c7ccccc76)ccc54)cc3)n2)c1. The second-order valence-electron chi connectivity index (χ2n) is 13.0. The molecule has 52 heavy (non-hydrogen) atoms. The maximum absolute atomic E-state index is 9.55. The lowest BCUT2D eigenvalue weighted by Gasteiger charge is -2.12. The summed E-state index contributed by atoms with van der Waals surface area (Å²) < 4.78 is 4.72. The minimum Gasteiger partial charge on any atom is -0.309 e. The number of para-hydroxylation sites is 3. The zero-order valence-electron chi connectivity index (χ0n) is 28.0. The number of nitriles is 1. The number of nitrogens with zero attached hydrogens (tertiary/aromatic N) is 5. The van der Waals surface area contributed by atoms with Gasteiger partial charge in [0.2, 0.25) is 0 Å². The Morgan fingerprint density at radius 3 is 1.52 bits per heavy atom. The first-order chi connectivity index (χ1) is 25.7. The third kappa shape index (κ3) is 4.78. The predicted octanol–water partition coefficient (Wildman–Crippen LogP) is 11.5. The fourth-order valence-corrected chi connectivity index (χ4v) is 7.57. The van der Waals surface area contributed by atoms with Crippen LogP contribution < -0.4 is 0 Å². The van der Waals surface area contributed by atoms with Crippen LogP contribution in [-0.2, 0) is 0 Å². The van der Waals surface area contributed by atoms with Crippen molar-refractivity contribution in [1.29, 1.82) is 5.26 Å². The van der Waals surface area contributed by atoms with Gasteiger partial charge in [0.05, 0.1) is 45.1 Å². The Kier molecular flexibility index (Phi) is 6.80. The fourth-order valence-electron chi connectivity index (χ4n) is 7.57. The van der Waals surface area contributed by atoms with E-state index in [0.717, 1.165) is 50.5 Å². The number of rotatable bonds is 5. The summed E-state index contributed by atoms with van der Waals surface area (Å²) in [6.45, 7) is 0. The summed E-state index contributed by atoms with van der Waals surface area (Å²) >= 11 is 0. The second-order valence-corrected chi connectivity index (χ2v) is 13.0. The lowest BCUT2D eigenvalue weighted by molar-refractivity contribution is 1.16. The Morgan fingerprint density at radius 1 is 0.385 bits per heavy atom. The lowest BCUT2D eigenvalue weighted by atomic mass is 10.1. The van der Waals surface area contributed by atoms with Crippen LogP contribution in [0.2, 0.25) is 0 Å². The highest BCUT2D eigenvalue weighted by molar-refractivity contribution is 6.12. The molecule has 0 saturated heterocycles. The quantitative estimate of drug-likeness (QED) is 0.184. The van der Waals surface area contributed by atoms with Crippen molar-refractivity contribution in [3.63, 3.8) is 0 Å². The summed E-state index contributed by atoms with van der Waals surface area (Å²) in [6.07, 6.45) is 0. The third-order valence-electron chi connectivity index (χ3n) is 9.96. The zero-order chi connectivity index (χ0) is 34.6. The zero-order valence-corrected chi connectivity index (χ0v) is 28.0. The van der Waals surface area contributed by atoms with Crippen molar-refractivity contribution >= 4 is 43.6 Å². The standard InChI is InChI=1S/C47H29N5/c48-30-31-11-10-14-34(27-31)47-49-41(32-12-2-1-3-13-32)29-42(50-47)33-21-23-35(24-22-33)51-45-20-9-6-17-39(45)40-28-36(25-26-46(40)51)52-43-18-7-4-15-37(43)38-16-5-8-19-44(38)52/h1-29H. The summed E-state index contributed by atoms with van der Waals surface area (Å²) in [4.78, 5) is 9.95. The van der Waals surface area contributed by atoms with Crippen LogP contribution >= 0.6 is 0 Å². The van der Waals surface area contributed by atoms with Gasteiger partial charge in [-0.1, -0.05) is 109 Å². The van der Waals surface area contributed by atoms with E-state index in [2.05, 4.69) is 143 Å². The summed E-state index contributed by atoms with van der Waals surface area (Å²) in [6, 6.07) is 63.2. The van der Waals surface area contributed by atoms with Crippen LogP contribution in [0.1, 0.15) is 5.56 Å². The van der Waals surface area contributed by atoms with E-state index in [-0.39, 0.29) is 0 Å². The molecule has 0 radical (unpaired) electrons. The van der Waals surface area contributed by atoms with Crippen LogP contribution in [0.4, 0.5) is 0 Å². The Morgan fingerprint density at radius 2 is 0.885 bits per heavy atom. The number of hydrogen-bond acceptors (Lipinski definition) is 3. The molecule has 0 fully saturated rings. The molecule has 0 atom stereocenters. The van der Waals surface area contributed by atoms with E-state index in [1.807, 2.05) is 42.5 Å². The van der Waals surface area contributed by atoms with E-state index in [0.29, 0.717) is 11.4 Å². The summed E-state index contributed by atoms with van der Waals surface area (Å²) in [5.41, 5.74) is 11.9.